The molecule has 5 saturated carbocycles. The molecule has 0 bridgehead atoms. The molecule has 0 radical (unpaired) electrons. The van der Waals surface area contributed by atoms with Crippen molar-refractivity contribution in [2.24, 2.45) is 44.8 Å². The van der Waals surface area contributed by atoms with Gasteiger partial charge in [0.25, 0.3) is 0 Å². The van der Waals surface area contributed by atoms with E-state index in [4.69, 9.17) is 14.2 Å². The fourth-order valence-corrected chi connectivity index (χ4v) is 13.3. The maximum absolute atomic E-state index is 14.1. The Labute approximate surface area is 278 Å². The number of hydrogen-bond donors (Lipinski definition) is 7. The smallest absolute Gasteiger partial charge is 0.317 e. The highest BCUT2D eigenvalue weighted by molar-refractivity contribution is 5.78. The van der Waals surface area contributed by atoms with E-state index in [0.717, 1.165) is 51.4 Å². The van der Waals surface area contributed by atoms with E-state index >= 15 is 0 Å². The highest BCUT2D eigenvalue weighted by Crippen LogP contribution is 2.89. The van der Waals surface area contributed by atoms with Gasteiger partial charge < -0.3 is 50.0 Å². The van der Waals surface area contributed by atoms with E-state index in [1.807, 2.05) is 13.8 Å². The summed E-state index contributed by atoms with van der Waals surface area (Å²) in [6, 6.07) is 0. The lowest BCUT2D eigenvalue weighted by Crippen LogP contribution is -2.65. The van der Waals surface area contributed by atoms with Crippen LogP contribution >= 0.6 is 0 Å². The number of fused-ring (bicyclic) bond motifs is 2. The van der Waals surface area contributed by atoms with E-state index in [0.29, 0.717) is 18.3 Å². The average molecular weight is 667 g/mol. The van der Waals surface area contributed by atoms with Crippen LogP contribution in [-0.4, -0.2) is 109 Å². The molecule has 0 amide bonds. The number of aliphatic hydroxyl groups is 7. The van der Waals surface area contributed by atoms with Crippen LogP contribution in [0.5, 0.6) is 0 Å². The molecule has 11 nitrogen and oxygen atoms in total. The fraction of sp³-hybridized carbons (Fsp3) is 0.972. The van der Waals surface area contributed by atoms with Crippen molar-refractivity contribution >= 4 is 5.97 Å². The molecular weight excluding hydrogens is 608 g/mol. The maximum atomic E-state index is 14.1. The van der Waals surface area contributed by atoms with Gasteiger partial charge in [0.2, 0.25) is 6.29 Å². The van der Waals surface area contributed by atoms with Gasteiger partial charge in [-0.3, -0.25) is 4.79 Å². The quantitative estimate of drug-likeness (QED) is 0.212. The minimum absolute atomic E-state index is 0.00719. The van der Waals surface area contributed by atoms with Gasteiger partial charge in [-0.1, -0.05) is 13.8 Å². The van der Waals surface area contributed by atoms with Crippen molar-refractivity contribution < 1.29 is 54.8 Å². The summed E-state index contributed by atoms with van der Waals surface area (Å²) in [5, 5.41) is 74.9. The molecule has 7 fully saturated rings. The zero-order valence-electron chi connectivity index (χ0n) is 28.9. The van der Waals surface area contributed by atoms with E-state index in [1.165, 1.54) is 0 Å². The zero-order valence-corrected chi connectivity index (χ0v) is 28.9. The second-order valence-electron chi connectivity index (χ2n) is 18.2. The molecule has 2 spiro atoms. The number of rotatable bonds is 5. The molecule has 2 heterocycles. The second kappa shape index (κ2) is 10.6. The Morgan fingerprint density at radius 1 is 0.809 bits per heavy atom. The molecule has 268 valence electrons. The summed E-state index contributed by atoms with van der Waals surface area (Å²) in [6.45, 7) is 11.9. The standard InChI is InChI=1S/C36H58O11/c1-30(2,44)24-10-12-33(5,47-24)19-9-11-31(3)20-7-8-21-34(6,29(43)46-28-27(42)26(41)25(40)18(16-37)45-28)22(38)15-23(39)36(21)17-35(20,36)14-13-32(19,31)4/h18-28,37-42,44H,7-17H2,1-6H3. The maximum Gasteiger partial charge on any atom is 0.317 e. The van der Waals surface area contributed by atoms with Gasteiger partial charge in [0, 0.05) is 11.8 Å². The van der Waals surface area contributed by atoms with Crippen molar-refractivity contribution in [2.45, 2.75) is 166 Å². The summed E-state index contributed by atoms with van der Waals surface area (Å²) < 4.78 is 18.0. The lowest BCUT2D eigenvalue weighted by Gasteiger charge is -2.64. The lowest BCUT2D eigenvalue weighted by atomic mass is 9.41. The Morgan fingerprint density at radius 2 is 1.47 bits per heavy atom. The normalized spacial score (nSPS) is 58.6. The molecule has 17 atom stereocenters. The molecule has 7 aliphatic rings. The molecule has 7 N–H and O–H groups in total. The highest BCUT2D eigenvalue weighted by Gasteiger charge is 2.86. The van der Waals surface area contributed by atoms with Gasteiger partial charge in [-0.05, 0) is 119 Å². The lowest BCUT2D eigenvalue weighted by molar-refractivity contribution is -0.300. The van der Waals surface area contributed by atoms with Crippen LogP contribution in [0.1, 0.15) is 106 Å². The molecule has 11 heteroatoms. The molecule has 0 aromatic carbocycles. The molecule has 0 aromatic rings. The molecule has 0 aromatic heterocycles. The van der Waals surface area contributed by atoms with E-state index in [2.05, 4.69) is 20.8 Å². The Balaban J connectivity index is 1.16. The summed E-state index contributed by atoms with van der Waals surface area (Å²) in [4.78, 5) is 14.1. The number of ether oxygens (including phenoxy) is 3. The minimum Gasteiger partial charge on any atom is -0.432 e. The summed E-state index contributed by atoms with van der Waals surface area (Å²) in [5.74, 6) is -0.461. The molecule has 2 saturated heterocycles. The summed E-state index contributed by atoms with van der Waals surface area (Å²) in [5.41, 5.74) is -3.34. The number of carbonyl (C=O) groups is 1. The van der Waals surface area contributed by atoms with Gasteiger partial charge in [0.05, 0.1) is 41.5 Å². The van der Waals surface area contributed by atoms with Crippen LogP contribution in [0.15, 0.2) is 0 Å². The first kappa shape index (κ1) is 34.6. The predicted molar refractivity (Wildman–Crippen MR) is 167 cm³/mol. The number of hydrogen-bond acceptors (Lipinski definition) is 11. The molecule has 2 aliphatic heterocycles. The van der Waals surface area contributed by atoms with Crippen molar-refractivity contribution in [3.8, 4) is 0 Å². The van der Waals surface area contributed by atoms with Crippen LogP contribution in [-0.2, 0) is 19.0 Å². The number of esters is 1. The van der Waals surface area contributed by atoms with Crippen molar-refractivity contribution in [3.63, 3.8) is 0 Å². The first-order valence-corrected chi connectivity index (χ1v) is 18.0. The van der Waals surface area contributed by atoms with Crippen LogP contribution in [0.4, 0.5) is 0 Å². The largest absolute Gasteiger partial charge is 0.432 e. The Hall–Kier alpha value is -0.890. The third-order valence-electron chi connectivity index (χ3n) is 16.1. The van der Waals surface area contributed by atoms with Gasteiger partial charge in [-0.15, -0.1) is 0 Å². The van der Waals surface area contributed by atoms with Crippen molar-refractivity contribution in [1.29, 1.82) is 0 Å². The van der Waals surface area contributed by atoms with Gasteiger partial charge in [-0.2, -0.15) is 0 Å². The van der Waals surface area contributed by atoms with E-state index < -0.39 is 71.9 Å². The Morgan fingerprint density at radius 3 is 2.11 bits per heavy atom. The predicted octanol–water partition coefficient (Wildman–Crippen LogP) is 1.79. The molecule has 47 heavy (non-hydrogen) atoms. The second-order valence-corrected chi connectivity index (χ2v) is 18.2. The molecular formula is C36H58O11. The SMILES string of the molecule is CC(C)(O)C1CCC(C)(C2CCC3(C)C4CCC5C(C)(C(=O)OC6OC(CO)C(O)C(O)C6O)C(O)CC(O)C56CC46CCC23C)O1. The van der Waals surface area contributed by atoms with Crippen LogP contribution in [0, 0.1) is 44.8 Å². The van der Waals surface area contributed by atoms with Crippen LogP contribution in [0.25, 0.3) is 0 Å². The molecule has 17 unspecified atom stereocenters. The van der Waals surface area contributed by atoms with Crippen LogP contribution in [0.2, 0.25) is 0 Å². The molecule has 7 rings (SSSR count). The van der Waals surface area contributed by atoms with E-state index in [9.17, 15) is 40.5 Å². The van der Waals surface area contributed by atoms with Gasteiger partial charge in [-0.25, -0.2) is 0 Å². The van der Waals surface area contributed by atoms with Crippen molar-refractivity contribution in [1.82, 2.24) is 0 Å². The Bertz CT molecular complexity index is 1270. The average Bonchev–Trinajstić information content (AvgIpc) is 3.39. The minimum atomic E-state index is -1.74. The first-order chi connectivity index (χ1) is 21.8. The Kier molecular flexibility index (Phi) is 7.77. The summed E-state index contributed by atoms with van der Waals surface area (Å²) in [6.07, 6.45) is -1.93. The van der Waals surface area contributed by atoms with Gasteiger partial charge >= 0.3 is 5.97 Å². The van der Waals surface area contributed by atoms with Crippen LogP contribution in [0.3, 0.4) is 0 Å². The fourth-order valence-electron chi connectivity index (χ4n) is 13.3. The van der Waals surface area contributed by atoms with E-state index in [1.54, 1.807) is 6.92 Å². The zero-order chi connectivity index (χ0) is 34.3. The first-order valence-electron chi connectivity index (χ1n) is 18.0. The third-order valence-corrected chi connectivity index (χ3v) is 16.1. The third kappa shape index (κ3) is 4.27. The highest BCUT2D eigenvalue weighted by atomic mass is 16.7. The van der Waals surface area contributed by atoms with E-state index in [-0.39, 0.29) is 40.3 Å². The summed E-state index contributed by atoms with van der Waals surface area (Å²) >= 11 is 0. The molecule has 5 aliphatic carbocycles. The van der Waals surface area contributed by atoms with Crippen molar-refractivity contribution in [3.05, 3.63) is 0 Å². The van der Waals surface area contributed by atoms with Crippen LogP contribution < -0.4 is 0 Å². The monoisotopic (exact) mass is 666 g/mol. The van der Waals surface area contributed by atoms with Crippen molar-refractivity contribution in [2.75, 3.05) is 6.61 Å². The van der Waals surface area contributed by atoms with Gasteiger partial charge in [0.15, 0.2) is 0 Å². The number of carbonyl (C=O) groups excluding carboxylic acids is 1. The number of aliphatic hydroxyl groups excluding tert-OH is 6. The summed E-state index contributed by atoms with van der Waals surface area (Å²) in [7, 11) is 0. The van der Waals surface area contributed by atoms with Gasteiger partial charge in [0.1, 0.15) is 24.4 Å². The topological polar surface area (TPSA) is 186 Å².